The standard InChI is InChI=1S/C10H11NO3/c1-3-10(12)9-6-8(11(13)14)5-4-7(9)2/h4-6H,3H2,1-2H3. The predicted octanol–water partition coefficient (Wildman–Crippen LogP) is 2.50. The van der Waals surface area contributed by atoms with Crippen molar-refractivity contribution in [3.8, 4) is 0 Å². The maximum absolute atomic E-state index is 11.4. The van der Waals surface area contributed by atoms with E-state index in [4.69, 9.17) is 0 Å². The van der Waals surface area contributed by atoms with Gasteiger partial charge in [-0.1, -0.05) is 13.0 Å². The Bertz CT molecular complexity index is 385. The number of non-ortho nitro benzene ring substituents is 1. The molecule has 0 spiro atoms. The molecular weight excluding hydrogens is 182 g/mol. The zero-order valence-electron chi connectivity index (χ0n) is 8.11. The second-order valence-electron chi connectivity index (χ2n) is 3.03. The molecule has 0 radical (unpaired) electrons. The van der Waals surface area contributed by atoms with Gasteiger partial charge in [-0.3, -0.25) is 14.9 Å². The second-order valence-corrected chi connectivity index (χ2v) is 3.03. The number of rotatable bonds is 3. The molecular formula is C10H11NO3. The SMILES string of the molecule is CCC(=O)c1cc([N+](=O)[O-])ccc1C. The largest absolute Gasteiger partial charge is 0.294 e. The van der Waals surface area contributed by atoms with E-state index in [0.717, 1.165) is 5.56 Å². The molecule has 0 aliphatic carbocycles. The molecule has 1 rings (SSSR count). The van der Waals surface area contributed by atoms with Crippen molar-refractivity contribution in [2.45, 2.75) is 20.3 Å². The Kier molecular flexibility index (Phi) is 2.96. The number of carbonyl (C=O) groups is 1. The van der Waals surface area contributed by atoms with Crippen LogP contribution in [0.25, 0.3) is 0 Å². The number of nitrogens with zero attached hydrogens (tertiary/aromatic N) is 1. The Hall–Kier alpha value is -1.71. The van der Waals surface area contributed by atoms with Crippen LogP contribution < -0.4 is 0 Å². The van der Waals surface area contributed by atoms with Gasteiger partial charge in [-0.2, -0.15) is 0 Å². The summed E-state index contributed by atoms with van der Waals surface area (Å²) in [4.78, 5) is 21.4. The summed E-state index contributed by atoms with van der Waals surface area (Å²) in [5.74, 6) is -0.0637. The number of nitro benzene ring substituents is 1. The molecule has 0 aliphatic rings. The zero-order valence-corrected chi connectivity index (χ0v) is 8.11. The van der Waals surface area contributed by atoms with Crippen molar-refractivity contribution < 1.29 is 9.72 Å². The lowest BCUT2D eigenvalue weighted by molar-refractivity contribution is -0.384. The number of nitro groups is 1. The minimum Gasteiger partial charge on any atom is -0.294 e. The average Bonchev–Trinajstić information content (AvgIpc) is 2.17. The van der Waals surface area contributed by atoms with Crippen molar-refractivity contribution in [3.63, 3.8) is 0 Å². The number of carbonyl (C=O) groups excluding carboxylic acids is 1. The normalized spacial score (nSPS) is 9.86. The first-order chi connectivity index (χ1) is 6.56. The first-order valence-corrected chi connectivity index (χ1v) is 4.34. The van der Waals surface area contributed by atoms with Crippen molar-refractivity contribution in [2.75, 3.05) is 0 Å². The van der Waals surface area contributed by atoms with E-state index >= 15 is 0 Å². The highest BCUT2D eigenvalue weighted by Gasteiger charge is 2.12. The number of benzene rings is 1. The Labute approximate surface area is 81.7 Å². The van der Waals surface area contributed by atoms with Crippen LogP contribution in [0.15, 0.2) is 18.2 Å². The fraction of sp³-hybridized carbons (Fsp3) is 0.300. The zero-order chi connectivity index (χ0) is 10.7. The number of aryl methyl sites for hydroxylation is 1. The highest BCUT2D eigenvalue weighted by Crippen LogP contribution is 2.18. The van der Waals surface area contributed by atoms with E-state index in [9.17, 15) is 14.9 Å². The van der Waals surface area contributed by atoms with E-state index < -0.39 is 4.92 Å². The van der Waals surface area contributed by atoms with E-state index in [1.165, 1.54) is 12.1 Å². The molecule has 0 N–H and O–H groups in total. The molecule has 74 valence electrons. The summed E-state index contributed by atoms with van der Waals surface area (Å²) in [5, 5.41) is 10.5. The van der Waals surface area contributed by atoms with Gasteiger partial charge in [0, 0.05) is 24.1 Å². The van der Waals surface area contributed by atoms with Gasteiger partial charge >= 0.3 is 0 Å². The van der Waals surface area contributed by atoms with Crippen LogP contribution in [0.4, 0.5) is 5.69 Å². The van der Waals surface area contributed by atoms with Gasteiger partial charge in [0.25, 0.3) is 5.69 Å². The van der Waals surface area contributed by atoms with Gasteiger partial charge < -0.3 is 0 Å². The maximum atomic E-state index is 11.4. The summed E-state index contributed by atoms with van der Waals surface area (Å²) in [6, 6.07) is 4.34. The summed E-state index contributed by atoms with van der Waals surface area (Å²) in [6.07, 6.45) is 0.363. The van der Waals surface area contributed by atoms with Crippen LogP contribution in [0.3, 0.4) is 0 Å². The molecule has 0 fully saturated rings. The molecule has 0 unspecified atom stereocenters. The molecule has 0 atom stereocenters. The van der Waals surface area contributed by atoms with Crippen molar-refractivity contribution >= 4 is 11.5 Å². The van der Waals surface area contributed by atoms with Gasteiger partial charge in [0.15, 0.2) is 5.78 Å². The summed E-state index contributed by atoms with van der Waals surface area (Å²) in [5.41, 5.74) is 1.19. The summed E-state index contributed by atoms with van der Waals surface area (Å²) in [7, 11) is 0. The van der Waals surface area contributed by atoms with E-state index in [1.54, 1.807) is 19.9 Å². The van der Waals surface area contributed by atoms with Gasteiger partial charge in [-0.05, 0) is 12.5 Å². The average molecular weight is 193 g/mol. The van der Waals surface area contributed by atoms with Crippen LogP contribution in [-0.2, 0) is 0 Å². The summed E-state index contributed by atoms with van der Waals surface area (Å²) >= 11 is 0. The number of ketones is 1. The summed E-state index contributed by atoms with van der Waals surface area (Å²) < 4.78 is 0. The minimum absolute atomic E-state index is 0.0348. The Morgan fingerprint density at radius 3 is 2.64 bits per heavy atom. The molecule has 0 saturated heterocycles. The Morgan fingerprint density at radius 1 is 1.50 bits per heavy atom. The molecule has 0 aliphatic heterocycles. The lowest BCUT2D eigenvalue weighted by Gasteiger charge is -2.02. The van der Waals surface area contributed by atoms with Gasteiger partial charge in [-0.25, -0.2) is 0 Å². The molecule has 0 saturated carbocycles. The third kappa shape index (κ3) is 1.96. The van der Waals surface area contributed by atoms with Crippen molar-refractivity contribution in [3.05, 3.63) is 39.4 Å². The molecule has 1 aromatic rings. The molecule has 0 amide bonds. The third-order valence-electron chi connectivity index (χ3n) is 2.05. The van der Waals surface area contributed by atoms with E-state index in [1.807, 2.05) is 0 Å². The Morgan fingerprint density at radius 2 is 2.14 bits per heavy atom. The predicted molar refractivity (Wildman–Crippen MR) is 52.5 cm³/mol. The first-order valence-electron chi connectivity index (χ1n) is 4.34. The molecule has 1 aromatic carbocycles. The van der Waals surface area contributed by atoms with Crippen LogP contribution in [0.2, 0.25) is 0 Å². The van der Waals surface area contributed by atoms with Crippen LogP contribution in [0.1, 0.15) is 29.3 Å². The molecule has 4 heteroatoms. The molecule has 0 bridgehead atoms. The third-order valence-corrected chi connectivity index (χ3v) is 2.05. The molecule has 14 heavy (non-hydrogen) atoms. The van der Waals surface area contributed by atoms with Gasteiger partial charge in [0.1, 0.15) is 0 Å². The number of Topliss-reactive ketones (excluding diaryl/α,β-unsaturated/α-hetero) is 1. The topological polar surface area (TPSA) is 60.2 Å². The molecule has 4 nitrogen and oxygen atoms in total. The van der Waals surface area contributed by atoms with Gasteiger partial charge in [-0.15, -0.1) is 0 Å². The lowest BCUT2D eigenvalue weighted by Crippen LogP contribution is -2.01. The van der Waals surface area contributed by atoms with Crippen LogP contribution >= 0.6 is 0 Å². The lowest BCUT2D eigenvalue weighted by atomic mass is 10.0. The quantitative estimate of drug-likeness (QED) is 0.421. The smallest absolute Gasteiger partial charge is 0.270 e. The van der Waals surface area contributed by atoms with Crippen molar-refractivity contribution in [2.24, 2.45) is 0 Å². The molecule has 0 aromatic heterocycles. The summed E-state index contributed by atoms with van der Waals surface area (Å²) in [6.45, 7) is 3.51. The monoisotopic (exact) mass is 193 g/mol. The number of hydrogen-bond acceptors (Lipinski definition) is 3. The first kappa shape index (κ1) is 10.4. The van der Waals surface area contributed by atoms with E-state index in [2.05, 4.69) is 0 Å². The fourth-order valence-corrected chi connectivity index (χ4v) is 1.21. The van der Waals surface area contributed by atoms with Crippen molar-refractivity contribution in [1.82, 2.24) is 0 Å². The van der Waals surface area contributed by atoms with E-state index in [0.29, 0.717) is 12.0 Å². The van der Waals surface area contributed by atoms with Crippen LogP contribution in [-0.4, -0.2) is 10.7 Å². The Balaban J connectivity index is 3.21. The highest BCUT2D eigenvalue weighted by molar-refractivity contribution is 5.97. The van der Waals surface area contributed by atoms with Gasteiger partial charge in [0.2, 0.25) is 0 Å². The minimum atomic E-state index is -0.494. The highest BCUT2D eigenvalue weighted by atomic mass is 16.6. The van der Waals surface area contributed by atoms with E-state index in [-0.39, 0.29) is 11.5 Å². The fourth-order valence-electron chi connectivity index (χ4n) is 1.21. The maximum Gasteiger partial charge on any atom is 0.270 e. The van der Waals surface area contributed by atoms with Crippen molar-refractivity contribution in [1.29, 1.82) is 0 Å². The molecule has 0 heterocycles. The number of hydrogen-bond donors (Lipinski definition) is 0. The van der Waals surface area contributed by atoms with Crippen LogP contribution in [0, 0.1) is 17.0 Å². The second kappa shape index (κ2) is 4.00. The van der Waals surface area contributed by atoms with Crippen LogP contribution in [0.5, 0.6) is 0 Å². The van der Waals surface area contributed by atoms with Gasteiger partial charge in [0.05, 0.1) is 4.92 Å².